The number of benzene rings is 2. The summed E-state index contributed by atoms with van der Waals surface area (Å²) in [5.74, 6) is 0.173. The quantitative estimate of drug-likeness (QED) is 0.729. The highest BCUT2D eigenvalue weighted by molar-refractivity contribution is 5.99. The van der Waals surface area contributed by atoms with Gasteiger partial charge in [0, 0.05) is 37.6 Å². The van der Waals surface area contributed by atoms with Gasteiger partial charge < -0.3 is 20.4 Å². The lowest BCUT2D eigenvalue weighted by Gasteiger charge is -2.32. The Morgan fingerprint density at radius 1 is 1.25 bits per heavy atom. The minimum atomic E-state index is -0.921. The maximum Gasteiger partial charge on any atom is 0.244 e. The molecule has 1 fully saturated rings. The van der Waals surface area contributed by atoms with Crippen LogP contribution in [0.4, 0.5) is 10.1 Å². The van der Waals surface area contributed by atoms with E-state index in [-0.39, 0.29) is 11.7 Å². The first-order chi connectivity index (χ1) is 13.4. The number of nitrogens with two attached hydrogens (primary N) is 1. The molecule has 1 aliphatic rings. The molecular formula is C21H23FN4O2. The number of hydrogen-bond acceptors (Lipinski definition) is 4. The van der Waals surface area contributed by atoms with Crippen molar-refractivity contribution in [2.45, 2.75) is 25.3 Å². The molecule has 2 aromatic carbocycles. The molecule has 28 heavy (non-hydrogen) atoms. The van der Waals surface area contributed by atoms with Crippen molar-refractivity contribution in [3.63, 3.8) is 0 Å². The van der Waals surface area contributed by atoms with E-state index in [0.29, 0.717) is 43.1 Å². The molecule has 0 spiro atoms. The Bertz CT molecular complexity index is 1050. The third kappa shape index (κ3) is 3.27. The molecule has 1 saturated heterocycles. The molecule has 146 valence electrons. The molecule has 0 unspecified atom stereocenters. The predicted octanol–water partition coefficient (Wildman–Crippen LogP) is 3.13. The van der Waals surface area contributed by atoms with Crippen LogP contribution in [0.3, 0.4) is 0 Å². The fraction of sp³-hybridized carbons (Fsp3) is 0.333. The van der Waals surface area contributed by atoms with E-state index in [1.54, 1.807) is 6.07 Å². The van der Waals surface area contributed by atoms with E-state index in [0.717, 1.165) is 16.6 Å². The van der Waals surface area contributed by atoms with Crippen LogP contribution < -0.4 is 11.1 Å². The molecule has 1 aromatic heterocycles. The van der Waals surface area contributed by atoms with Crippen LogP contribution in [0.2, 0.25) is 0 Å². The molecule has 0 saturated carbocycles. The Morgan fingerprint density at radius 3 is 2.75 bits per heavy atom. The molecular weight excluding hydrogens is 359 g/mol. The van der Waals surface area contributed by atoms with Gasteiger partial charge >= 0.3 is 0 Å². The summed E-state index contributed by atoms with van der Waals surface area (Å²) in [4.78, 5) is 17.3. The zero-order chi connectivity index (χ0) is 19.9. The number of rotatable bonds is 3. The second kappa shape index (κ2) is 7.00. The summed E-state index contributed by atoms with van der Waals surface area (Å²) in [5, 5.41) is 2.98. The van der Waals surface area contributed by atoms with E-state index in [9.17, 15) is 9.18 Å². The third-order valence-corrected chi connectivity index (χ3v) is 5.42. The van der Waals surface area contributed by atoms with Gasteiger partial charge in [0.15, 0.2) is 0 Å². The summed E-state index contributed by atoms with van der Waals surface area (Å²) in [6.07, 6.45) is 0.988. The zero-order valence-electron chi connectivity index (χ0n) is 16.0. The van der Waals surface area contributed by atoms with Gasteiger partial charge in [0.25, 0.3) is 0 Å². The first kappa shape index (κ1) is 18.6. The monoisotopic (exact) mass is 382 g/mol. The molecule has 0 bridgehead atoms. The summed E-state index contributed by atoms with van der Waals surface area (Å²) in [6.45, 7) is 2.90. The first-order valence-electron chi connectivity index (χ1n) is 9.28. The third-order valence-electron chi connectivity index (χ3n) is 5.42. The van der Waals surface area contributed by atoms with E-state index in [1.807, 2.05) is 36.7 Å². The molecule has 7 heteroatoms. The number of hydrogen-bond donors (Lipinski definition) is 2. The number of carbonyl (C=O) groups is 1. The van der Waals surface area contributed by atoms with E-state index in [2.05, 4.69) is 10.3 Å². The van der Waals surface area contributed by atoms with Gasteiger partial charge in [-0.05, 0) is 43.5 Å². The molecule has 0 aliphatic carbocycles. The van der Waals surface area contributed by atoms with E-state index in [1.165, 1.54) is 12.1 Å². The predicted molar refractivity (Wildman–Crippen MR) is 106 cm³/mol. The standard InChI is InChI=1S/C21H23FN4O2/c1-13-3-4-14(19-24-17-12-15(22)5-6-18(17)26(19)2)11-16(13)25-20(27)21(23)7-9-28-10-8-21/h3-6,11-12H,7-10,23H2,1-2H3,(H,25,27). The number of nitrogens with zero attached hydrogens (tertiary/aromatic N) is 2. The van der Waals surface area contributed by atoms with Gasteiger partial charge in [0.1, 0.15) is 17.2 Å². The number of ether oxygens (including phenoxy) is 1. The van der Waals surface area contributed by atoms with Crippen molar-refractivity contribution >= 4 is 22.6 Å². The summed E-state index contributed by atoms with van der Waals surface area (Å²) < 4.78 is 20.8. The minimum absolute atomic E-state index is 0.205. The lowest BCUT2D eigenvalue weighted by atomic mass is 9.90. The average molecular weight is 382 g/mol. The van der Waals surface area contributed by atoms with Crippen LogP contribution in [0.5, 0.6) is 0 Å². The molecule has 4 rings (SSSR count). The molecule has 6 nitrogen and oxygen atoms in total. The van der Waals surface area contributed by atoms with Crippen molar-refractivity contribution in [2.75, 3.05) is 18.5 Å². The fourth-order valence-corrected chi connectivity index (χ4v) is 3.54. The number of anilines is 1. The van der Waals surface area contributed by atoms with Crippen molar-refractivity contribution in [1.29, 1.82) is 0 Å². The van der Waals surface area contributed by atoms with Gasteiger partial charge in [-0.1, -0.05) is 12.1 Å². The Kier molecular flexibility index (Phi) is 4.64. The Hall–Kier alpha value is -2.77. The highest BCUT2D eigenvalue weighted by atomic mass is 19.1. The van der Waals surface area contributed by atoms with Crippen LogP contribution in [-0.4, -0.2) is 34.2 Å². The SMILES string of the molecule is Cc1ccc(-c2nc3cc(F)ccc3n2C)cc1NC(=O)C1(N)CCOCC1. The van der Waals surface area contributed by atoms with Crippen molar-refractivity contribution < 1.29 is 13.9 Å². The van der Waals surface area contributed by atoms with Crippen LogP contribution >= 0.6 is 0 Å². The molecule has 1 amide bonds. The Balaban J connectivity index is 1.68. The first-order valence-corrected chi connectivity index (χ1v) is 9.28. The fourth-order valence-electron chi connectivity index (χ4n) is 3.54. The van der Waals surface area contributed by atoms with Gasteiger partial charge in [-0.3, -0.25) is 4.79 Å². The topological polar surface area (TPSA) is 82.2 Å². The maximum atomic E-state index is 13.5. The highest BCUT2D eigenvalue weighted by Gasteiger charge is 2.36. The van der Waals surface area contributed by atoms with Crippen LogP contribution in [-0.2, 0) is 16.6 Å². The van der Waals surface area contributed by atoms with Crippen molar-refractivity contribution in [2.24, 2.45) is 12.8 Å². The molecule has 1 aliphatic heterocycles. The largest absolute Gasteiger partial charge is 0.381 e. The number of halogens is 1. The molecule has 0 radical (unpaired) electrons. The summed E-state index contributed by atoms with van der Waals surface area (Å²) >= 11 is 0. The van der Waals surface area contributed by atoms with Gasteiger partial charge in [-0.15, -0.1) is 0 Å². The lowest BCUT2D eigenvalue weighted by molar-refractivity contribution is -0.124. The highest BCUT2D eigenvalue weighted by Crippen LogP contribution is 2.29. The second-order valence-electron chi connectivity index (χ2n) is 7.38. The van der Waals surface area contributed by atoms with E-state index >= 15 is 0 Å². The minimum Gasteiger partial charge on any atom is -0.381 e. The summed E-state index contributed by atoms with van der Waals surface area (Å²) in [7, 11) is 1.89. The Morgan fingerprint density at radius 2 is 2.00 bits per heavy atom. The van der Waals surface area contributed by atoms with Crippen molar-refractivity contribution in [1.82, 2.24) is 9.55 Å². The Labute approximate surface area is 162 Å². The average Bonchev–Trinajstić information content (AvgIpc) is 3.00. The van der Waals surface area contributed by atoms with Crippen LogP contribution in [0.1, 0.15) is 18.4 Å². The normalized spacial score (nSPS) is 16.3. The van der Waals surface area contributed by atoms with Gasteiger partial charge in [-0.25, -0.2) is 9.37 Å². The zero-order valence-corrected chi connectivity index (χ0v) is 16.0. The number of aromatic nitrogens is 2. The van der Waals surface area contributed by atoms with E-state index < -0.39 is 5.54 Å². The number of fused-ring (bicyclic) bond motifs is 1. The van der Waals surface area contributed by atoms with Crippen molar-refractivity contribution in [3.05, 3.63) is 47.8 Å². The van der Waals surface area contributed by atoms with Gasteiger partial charge in [0.2, 0.25) is 5.91 Å². The molecule has 3 N–H and O–H groups in total. The van der Waals surface area contributed by atoms with E-state index in [4.69, 9.17) is 10.5 Å². The number of carbonyl (C=O) groups excluding carboxylic acids is 1. The van der Waals surface area contributed by atoms with Crippen LogP contribution in [0.15, 0.2) is 36.4 Å². The number of aryl methyl sites for hydroxylation is 2. The van der Waals surface area contributed by atoms with Crippen LogP contribution in [0.25, 0.3) is 22.4 Å². The summed E-state index contributed by atoms with van der Waals surface area (Å²) in [5.41, 5.74) is 9.25. The number of amides is 1. The molecule has 0 atom stereocenters. The smallest absolute Gasteiger partial charge is 0.244 e. The summed E-state index contributed by atoms with van der Waals surface area (Å²) in [6, 6.07) is 10.3. The van der Waals surface area contributed by atoms with Crippen molar-refractivity contribution in [3.8, 4) is 11.4 Å². The number of imidazole rings is 1. The molecule has 2 heterocycles. The maximum absolute atomic E-state index is 13.5. The second-order valence-corrected chi connectivity index (χ2v) is 7.38. The number of nitrogens with one attached hydrogen (secondary N) is 1. The van der Waals surface area contributed by atoms with Gasteiger partial charge in [-0.2, -0.15) is 0 Å². The lowest BCUT2D eigenvalue weighted by Crippen LogP contribution is -2.54. The molecule has 3 aromatic rings. The van der Waals surface area contributed by atoms with Crippen LogP contribution in [0, 0.1) is 12.7 Å². The van der Waals surface area contributed by atoms with Gasteiger partial charge in [0.05, 0.1) is 11.0 Å².